The Morgan fingerprint density at radius 1 is 1.19 bits per heavy atom. The minimum Gasteiger partial charge on any atom is -0.489 e. The number of ether oxygens (including phenoxy) is 1. The summed E-state index contributed by atoms with van der Waals surface area (Å²) in [5, 5.41) is 15.8. The van der Waals surface area contributed by atoms with Gasteiger partial charge in [0.25, 0.3) is 11.1 Å². The number of aromatic nitrogens is 2. The van der Waals surface area contributed by atoms with Crippen molar-refractivity contribution in [3.8, 4) is 5.75 Å². The molecule has 1 aromatic heterocycles. The number of nitrogens with one attached hydrogen (secondary N) is 4. The number of fused-ring (bicyclic) bond motifs is 1. The first-order chi connectivity index (χ1) is 17.9. The van der Waals surface area contributed by atoms with E-state index < -0.39 is 6.10 Å². The van der Waals surface area contributed by atoms with Crippen molar-refractivity contribution in [3.05, 3.63) is 61.8 Å². The van der Waals surface area contributed by atoms with E-state index in [1.54, 1.807) is 24.3 Å². The summed E-state index contributed by atoms with van der Waals surface area (Å²) in [4.78, 5) is 42.8. The number of carbonyl (C=O) groups is 2. The lowest BCUT2D eigenvalue weighted by Gasteiger charge is -2.35. The van der Waals surface area contributed by atoms with Gasteiger partial charge < -0.3 is 30.0 Å². The maximum absolute atomic E-state index is 11.8. The summed E-state index contributed by atoms with van der Waals surface area (Å²) in [6.45, 7) is 2.24. The van der Waals surface area contributed by atoms with Crippen molar-refractivity contribution in [2.45, 2.75) is 25.0 Å². The monoisotopic (exact) mass is 587 g/mol. The SMILES string of the molecule is O=C1NC(=O)C(=Cc2ccc(N3CCC(NCC(O)COc4cccc5[nH]c(=O)[nH]c45)CC3)c(Br)c2)S1. The van der Waals surface area contributed by atoms with Gasteiger partial charge in [-0.15, -0.1) is 0 Å². The van der Waals surface area contributed by atoms with Crippen LogP contribution in [-0.4, -0.2) is 64.6 Å². The molecule has 2 saturated heterocycles. The first kappa shape index (κ1) is 25.6. The molecule has 2 aliphatic heterocycles. The number of hydrogen-bond donors (Lipinski definition) is 5. The number of aromatic amines is 2. The average molecular weight is 588 g/mol. The fraction of sp³-hybridized carbons (Fsp3) is 0.320. The van der Waals surface area contributed by atoms with E-state index in [0.29, 0.717) is 28.2 Å². The second kappa shape index (κ2) is 11.1. The van der Waals surface area contributed by atoms with Gasteiger partial charge in [-0.2, -0.15) is 0 Å². The topological polar surface area (TPSA) is 140 Å². The third kappa shape index (κ3) is 6.09. The van der Waals surface area contributed by atoms with E-state index in [1.165, 1.54) is 0 Å². The number of imidazole rings is 1. The smallest absolute Gasteiger partial charge is 0.323 e. The number of anilines is 1. The zero-order chi connectivity index (χ0) is 25.9. The zero-order valence-corrected chi connectivity index (χ0v) is 22.2. The normalized spacial score (nSPS) is 18.5. The van der Waals surface area contributed by atoms with Crippen molar-refractivity contribution < 1.29 is 19.4 Å². The summed E-state index contributed by atoms with van der Waals surface area (Å²) in [6.07, 6.45) is 2.87. The van der Waals surface area contributed by atoms with Crippen molar-refractivity contribution in [2.24, 2.45) is 0 Å². The molecule has 3 aromatic rings. The number of aliphatic hydroxyl groups is 1. The Kier molecular flexibility index (Phi) is 7.70. The number of aliphatic hydroxyl groups excluding tert-OH is 1. The maximum Gasteiger partial charge on any atom is 0.323 e. The number of para-hydroxylation sites is 1. The van der Waals surface area contributed by atoms with E-state index in [9.17, 15) is 19.5 Å². The molecule has 2 aromatic carbocycles. The van der Waals surface area contributed by atoms with Gasteiger partial charge in [-0.05, 0) is 76.4 Å². The van der Waals surface area contributed by atoms with Crippen LogP contribution in [0.4, 0.5) is 10.5 Å². The molecule has 37 heavy (non-hydrogen) atoms. The number of thioether (sulfide) groups is 1. The van der Waals surface area contributed by atoms with E-state index in [1.807, 2.05) is 18.2 Å². The Balaban J connectivity index is 1.09. The number of nitrogens with zero attached hydrogens (tertiary/aromatic N) is 1. The number of H-pyrrole nitrogens is 2. The minimum absolute atomic E-state index is 0.113. The predicted molar refractivity (Wildman–Crippen MR) is 147 cm³/mol. The lowest BCUT2D eigenvalue weighted by Crippen LogP contribution is -2.45. The van der Waals surface area contributed by atoms with Crippen LogP contribution in [0.5, 0.6) is 5.75 Å². The summed E-state index contributed by atoms with van der Waals surface area (Å²) in [5.41, 5.74) is 2.88. The Hall–Kier alpha value is -3.06. The number of carbonyl (C=O) groups excluding carboxylic acids is 2. The van der Waals surface area contributed by atoms with Crippen LogP contribution in [0, 0.1) is 0 Å². The van der Waals surface area contributed by atoms with Gasteiger partial charge in [-0.3, -0.25) is 14.9 Å². The van der Waals surface area contributed by atoms with E-state index in [0.717, 1.165) is 53.4 Å². The van der Waals surface area contributed by atoms with Gasteiger partial charge >= 0.3 is 5.69 Å². The van der Waals surface area contributed by atoms with Crippen molar-refractivity contribution in [2.75, 3.05) is 31.1 Å². The molecule has 0 aliphatic carbocycles. The van der Waals surface area contributed by atoms with E-state index in [-0.39, 0.29) is 29.5 Å². The highest BCUT2D eigenvalue weighted by Crippen LogP contribution is 2.32. The van der Waals surface area contributed by atoms with Gasteiger partial charge in [0.05, 0.1) is 16.1 Å². The summed E-state index contributed by atoms with van der Waals surface area (Å²) in [5.74, 6) is 0.158. The molecule has 10 nitrogen and oxygen atoms in total. The molecular formula is C25H26BrN5O5S. The van der Waals surface area contributed by atoms with Crippen molar-refractivity contribution in [1.29, 1.82) is 0 Å². The zero-order valence-electron chi connectivity index (χ0n) is 19.8. The second-order valence-electron chi connectivity index (χ2n) is 8.96. The molecule has 5 N–H and O–H groups in total. The van der Waals surface area contributed by atoms with Gasteiger partial charge in [0.2, 0.25) is 0 Å². The molecule has 1 unspecified atom stereocenters. The molecule has 3 heterocycles. The Labute approximate surface area is 225 Å². The van der Waals surface area contributed by atoms with Crippen LogP contribution < -0.4 is 26.0 Å². The first-order valence-corrected chi connectivity index (χ1v) is 13.5. The molecule has 1 atom stereocenters. The average Bonchev–Trinajstić information content (AvgIpc) is 3.41. The minimum atomic E-state index is -0.690. The van der Waals surface area contributed by atoms with Crippen LogP contribution in [0.1, 0.15) is 18.4 Å². The Bertz CT molecular complexity index is 1410. The van der Waals surface area contributed by atoms with Gasteiger partial charge in [-0.25, -0.2) is 4.79 Å². The highest BCUT2D eigenvalue weighted by atomic mass is 79.9. The number of imide groups is 1. The van der Waals surface area contributed by atoms with Crippen molar-refractivity contribution >= 4 is 61.6 Å². The van der Waals surface area contributed by atoms with Crippen molar-refractivity contribution in [1.82, 2.24) is 20.6 Å². The van der Waals surface area contributed by atoms with Crippen LogP contribution in [0.25, 0.3) is 17.1 Å². The quantitative estimate of drug-likeness (QED) is 0.253. The molecule has 5 rings (SSSR count). The molecule has 194 valence electrons. The molecule has 2 aliphatic rings. The molecule has 0 saturated carbocycles. The number of hydrogen-bond acceptors (Lipinski definition) is 8. The van der Waals surface area contributed by atoms with Gasteiger partial charge in [-0.1, -0.05) is 12.1 Å². The number of amides is 2. The van der Waals surface area contributed by atoms with Crippen LogP contribution >= 0.6 is 27.7 Å². The molecular weight excluding hydrogens is 562 g/mol. The van der Waals surface area contributed by atoms with Gasteiger partial charge in [0.15, 0.2) is 0 Å². The fourth-order valence-corrected chi connectivity index (χ4v) is 5.79. The van der Waals surface area contributed by atoms with Crippen LogP contribution in [0.3, 0.4) is 0 Å². The van der Waals surface area contributed by atoms with E-state index in [4.69, 9.17) is 4.74 Å². The van der Waals surface area contributed by atoms with Crippen LogP contribution in [0.2, 0.25) is 0 Å². The van der Waals surface area contributed by atoms with Gasteiger partial charge in [0.1, 0.15) is 24.0 Å². The Morgan fingerprint density at radius 2 is 2.00 bits per heavy atom. The van der Waals surface area contributed by atoms with Crippen molar-refractivity contribution in [3.63, 3.8) is 0 Å². The largest absolute Gasteiger partial charge is 0.489 e. The lowest BCUT2D eigenvalue weighted by molar-refractivity contribution is -0.115. The summed E-state index contributed by atoms with van der Waals surface area (Å²) >= 11 is 4.55. The van der Waals surface area contributed by atoms with Crippen LogP contribution in [-0.2, 0) is 4.79 Å². The number of benzene rings is 2. The number of rotatable bonds is 8. The van der Waals surface area contributed by atoms with Crippen LogP contribution in [0.15, 0.2) is 50.6 Å². The first-order valence-electron chi connectivity index (χ1n) is 11.9. The number of piperidine rings is 1. The summed E-state index contributed by atoms with van der Waals surface area (Å²) in [6, 6.07) is 11.5. The predicted octanol–water partition coefficient (Wildman–Crippen LogP) is 2.94. The fourth-order valence-electron chi connectivity index (χ4n) is 4.47. The maximum atomic E-state index is 11.8. The lowest BCUT2D eigenvalue weighted by atomic mass is 10.0. The van der Waals surface area contributed by atoms with E-state index >= 15 is 0 Å². The molecule has 12 heteroatoms. The highest BCUT2D eigenvalue weighted by Gasteiger charge is 2.25. The van der Waals surface area contributed by atoms with Gasteiger partial charge in [0, 0.05) is 30.1 Å². The second-order valence-corrected chi connectivity index (χ2v) is 10.8. The molecule has 2 fully saturated rings. The molecule has 0 bridgehead atoms. The Morgan fingerprint density at radius 3 is 2.73 bits per heavy atom. The third-order valence-electron chi connectivity index (χ3n) is 6.33. The summed E-state index contributed by atoms with van der Waals surface area (Å²) in [7, 11) is 0. The molecule has 0 spiro atoms. The summed E-state index contributed by atoms with van der Waals surface area (Å²) < 4.78 is 6.67. The van der Waals surface area contributed by atoms with E-state index in [2.05, 4.69) is 41.4 Å². The number of halogens is 1. The standard InChI is InChI=1S/C25H26BrN5O5S/c26-17-10-14(11-21-23(33)30-25(35)37-21)4-5-19(17)31-8-6-15(7-9-31)27-12-16(32)13-36-20-3-1-2-18-22(20)29-24(34)28-18/h1-5,10-11,15-16,27,32H,6-9,12-13H2,(H2,28,29,34)(H,30,33,35). The molecule has 2 amide bonds. The highest BCUT2D eigenvalue weighted by molar-refractivity contribution is 9.10. The molecule has 0 radical (unpaired) electrons. The third-order valence-corrected chi connectivity index (χ3v) is 7.78.